The van der Waals surface area contributed by atoms with Crippen LogP contribution in [0.5, 0.6) is 0 Å². The van der Waals surface area contributed by atoms with Crippen molar-refractivity contribution in [1.82, 2.24) is 4.90 Å². The van der Waals surface area contributed by atoms with Gasteiger partial charge in [0.15, 0.2) is 0 Å². The molecule has 3 rings (SSSR count). The summed E-state index contributed by atoms with van der Waals surface area (Å²) >= 11 is 0. The number of carbonyl (C=O) groups excluding carboxylic acids is 1. The molecule has 1 fully saturated rings. The van der Waals surface area contributed by atoms with E-state index in [1.165, 1.54) is 16.0 Å². The highest BCUT2D eigenvalue weighted by Crippen LogP contribution is 2.46. The number of fused-ring (bicyclic) bond motifs is 2. The summed E-state index contributed by atoms with van der Waals surface area (Å²) in [6.45, 7) is 12.1. The molecule has 2 aliphatic heterocycles. The highest BCUT2D eigenvalue weighted by molar-refractivity contribution is 6.00. The second-order valence-corrected chi connectivity index (χ2v) is 11.2. The molecule has 0 aromatic rings. The van der Waals surface area contributed by atoms with Gasteiger partial charge < -0.3 is 25.0 Å². The highest BCUT2D eigenvalue weighted by atomic mass is 16.5. The zero-order valence-corrected chi connectivity index (χ0v) is 22.6. The first-order chi connectivity index (χ1) is 16.9. The highest BCUT2D eigenvalue weighted by Gasteiger charge is 2.51. The monoisotopic (exact) mass is 501 g/mol. The Balaban J connectivity index is 1.77. The zero-order valence-electron chi connectivity index (χ0n) is 22.6. The van der Waals surface area contributed by atoms with Gasteiger partial charge in [-0.1, -0.05) is 43.6 Å². The van der Waals surface area contributed by atoms with E-state index in [0.717, 1.165) is 24.8 Å². The number of carbonyl (C=O) groups is 2. The van der Waals surface area contributed by atoms with Gasteiger partial charge in [0.2, 0.25) is 0 Å². The number of hydrogen-bond acceptors (Lipinski definition) is 5. The van der Waals surface area contributed by atoms with Crippen molar-refractivity contribution >= 4 is 11.9 Å². The summed E-state index contributed by atoms with van der Waals surface area (Å²) in [5, 5.41) is 31.6. The van der Waals surface area contributed by atoms with Gasteiger partial charge in [-0.05, 0) is 64.9 Å². The average molecular weight is 502 g/mol. The maximum absolute atomic E-state index is 13.3. The summed E-state index contributed by atoms with van der Waals surface area (Å²) in [4.78, 5) is 26.8. The molecule has 0 spiro atoms. The fourth-order valence-corrected chi connectivity index (χ4v) is 5.53. The summed E-state index contributed by atoms with van der Waals surface area (Å²) in [7, 11) is 0. The molecule has 0 aromatic carbocycles. The van der Waals surface area contributed by atoms with Crippen molar-refractivity contribution in [1.29, 1.82) is 0 Å². The molecule has 0 bridgehead atoms. The lowest BCUT2D eigenvalue weighted by atomic mass is 9.78. The number of carboxylic acids is 1. The van der Waals surface area contributed by atoms with E-state index in [0.29, 0.717) is 24.0 Å². The van der Waals surface area contributed by atoms with E-state index in [1.54, 1.807) is 0 Å². The number of amides is 1. The number of hydrogen-bond donors (Lipinski definition) is 3. The SMILES string of the molecule is CCC(C)C(C(=O)O)N1CC2=C(CC(O)=C3CC(O)C(C)(CC/C=C(\C)CCC=C(C)C)OC32)C1=O. The minimum Gasteiger partial charge on any atom is -0.512 e. The molecule has 7 heteroatoms. The van der Waals surface area contributed by atoms with Crippen LogP contribution in [0.4, 0.5) is 0 Å². The van der Waals surface area contributed by atoms with Gasteiger partial charge in [-0.2, -0.15) is 0 Å². The van der Waals surface area contributed by atoms with Crippen molar-refractivity contribution in [3.8, 4) is 0 Å². The maximum Gasteiger partial charge on any atom is 0.326 e. The molecular weight excluding hydrogens is 458 g/mol. The van der Waals surface area contributed by atoms with E-state index in [1.807, 2.05) is 20.8 Å². The number of ether oxygens (including phenoxy) is 1. The molecule has 1 amide bonds. The Hall–Kier alpha value is -2.38. The van der Waals surface area contributed by atoms with Crippen LogP contribution in [-0.4, -0.2) is 62.5 Å². The molecule has 1 saturated heterocycles. The molecule has 3 aliphatic rings. The Bertz CT molecular complexity index is 1000. The fraction of sp³-hybridized carbons (Fsp3) is 0.655. The zero-order chi connectivity index (χ0) is 26.8. The summed E-state index contributed by atoms with van der Waals surface area (Å²) in [5.74, 6) is -1.51. The number of nitrogens with zero attached hydrogens (tertiary/aromatic N) is 1. The molecule has 1 aliphatic carbocycles. The van der Waals surface area contributed by atoms with Crippen molar-refractivity contribution in [3.05, 3.63) is 45.8 Å². The van der Waals surface area contributed by atoms with Crippen LogP contribution >= 0.6 is 0 Å². The molecule has 3 N–H and O–H groups in total. The Kier molecular flexibility index (Phi) is 8.88. The molecular formula is C29H43NO6. The van der Waals surface area contributed by atoms with Gasteiger partial charge in [0, 0.05) is 30.5 Å². The van der Waals surface area contributed by atoms with Gasteiger partial charge in [-0.25, -0.2) is 4.79 Å². The Morgan fingerprint density at radius 1 is 1.22 bits per heavy atom. The summed E-state index contributed by atoms with van der Waals surface area (Å²) in [6, 6.07) is -0.932. The number of allylic oxidation sites excluding steroid dienone is 5. The van der Waals surface area contributed by atoms with Crippen LogP contribution in [0.15, 0.2) is 45.8 Å². The first kappa shape index (κ1) is 28.2. The lowest BCUT2D eigenvalue weighted by Crippen LogP contribution is -2.52. The van der Waals surface area contributed by atoms with Crippen LogP contribution < -0.4 is 0 Å². The predicted molar refractivity (Wildman–Crippen MR) is 139 cm³/mol. The third-order valence-corrected chi connectivity index (χ3v) is 8.10. The van der Waals surface area contributed by atoms with E-state index < -0.39 is 29.8 Å². The lowest BCUT2D eigenvalue weighted by molar-refractivity contribution is -0.155. The van der Waals surface area contributed by atoms with Crippen LogP contribution in [0.25, 0.3) is 0 Å². The van der Waals surface area contributed by atoms with Crippen LogP contribution in [0.3, 0.4) is 0 Å². The smallest absolute Gasteiger partial charge is 0.326 e. The van der Waals surface area contributed by atoms with Crippen LogP contribution in [0, 0.1) is 5.92 Å². The molecule has 5 atom stereocenters. The van der Waals surface area contributed by atoms with Gasteiger partial charge >= 0.3 is 5.97 Å². The second kappa shape index (κ2) is 11.3. The second-order valence-electron chi connectivity index (χ2n) is 11.2. The summed E-state index contributed by atoms with van der Waals surface area (Å²) in [6.07, 6.45) is 7.32. The van der Waals surface area contributed by atoms with Crippen LogP contribution in [-0.2, 0) is 14.3 Å². The first-order valence-electron chi connectivity index (χ1n) is 13.2. The predicted octanol–water partition coefficient (Wildman–Crippen LogP) is 5.22. The van der Waals surface area contributed by atoms with E-state index >= 15 is 0 Å². The van der Waals surface area contributed by atoms with Crippen LogP contribution in [0.1, 0.15) is 86.5 Å². The number of aliphatic hydroxyl groups is 2. The molecule has 0 aromatic heterocycles. The van der Waals surface area contributed by atoms with E-state index in [2.05, 4.69) is 32.9 Å². The van der Waals surface area contributed by atoms with Crippen molar-refractivity contribution in [2.75, 3.05) is 6.54 Å². The number of aliphatic hydroxyl groups excluding tert-OH is 2. The Labute approximate surface area is 215 Å². The third-order valence-electron chi connectivity index (χ3n) is 8.10. The molecule has 2 heterocycles. The van der Waals surface area contributed by atoms with Crippen molar-refractivity contribution < 1.29 is 29.6 Å². The number of rotatable bonds is 10. The van der Waals surface area contributed by atoms with Crippen molar-refractivity contribution in [3.63, 3.8) is 0 Å². The topological polar surface area (TPSA) is 107 Å². The summed E-state index contributed by atoms with van der Waals surface area (Å²) in [5.41, 5.74) is 3.53. The van der Waals surface area contributed by atoms with E-state index in [9.17, 15) is 24.9 Å². The van der Waals surface area contributed by atoms with Gasteiger partial charge in [0.25, 0.3) is 5.91 Å². The van der Waals surface area contributed by atoms with Gasteiger partial charge in [-0.15, -0.1) is 0 Å². The minimum absolute atomic E-state index is 0.0560. The van der Waals surface area contributed by atoms with Crippen molar-refractivity contribution in [2.24, 2.45) is 5.92 Å². The molecule has 5 unspecified atom stereocenters. The van der Waals surface area contributed by atoms with E-state index in [4.69, 9.17) is 4.74 Å². The number of carboxylic acid groups (broad SMARTS) is 1. The molecule has 36 heavy (non-hydrogen) atoms. The molecule has 200 valence electrons. The minimum atomic E-state index is -1.02. The Morgan fingerprint density at radius 2 is 1.92 bits per heavy atom. The standard InChI is InChI=1S/C29H43NO6/c1-7-19(5)25(28(34)35)30-16-22-20(27(30)33)14-23(31)21-15-24(32)29(6,36-26(21)22)13-9-12-18(4)11-8-10-17(2)3/h10,12,19,24-26,31-32H,7-9,11,13-16H2,1-6H3,(H,34,35)/b18-12+. The van der Waals surface area contributed by atoms with Crippen molar-refractivity contribution in [2.45, 2.75) is 110 Å². The molecule has 0 saturated carbocycles. The Morgan fingerprint density at radius 3 is 2.53 bits per heavy atom. The normalized spacial score (nSPS) is 28.1. The fourth-order valence-electron chi connectivity index (χ4n) is 5.53. The quantitative estimate of drug-likeness (QED) is 0.354. The van der Waals surface area contributed by atoms with E-state index in [-0.39, 0.29) is 37.0 Å². The van der Waals surface area contributed by atoms with Crippen LogP contribution in [0.2, 0.25) is 0 Å². The van der Waals surface area contributed by atoms with Gasteiger partial charge in [-0.3, -0.25) is 4.79 Å². The molecule has 0 radical (unpaired) electrons. The third kappa shape index (κ3) is 5.78. The largest absolute Gasteiger partial charge is 0.512 e. The maximum atomic E-state index is 13.3. The summed E-state index contributed by atoms with van der Waals surface area (Å²) < 4.78 is 6.50. The average Bonchev–Trinajstić information content (AvgIpc) is 3.10. The van der Waals surface area contributed by atoms with Gasteiger partial charge in [0.05, 0.1) is 17.5 Å². The van der Waals surface area contributed by atoms with Gasteiger partial charge in [0.1, 0.15) is 12.1 Å². The first-order valence-corrected chi connectivity index (χ1v) is 13.2. The molecule has 7 nitrogen and oxygen atoms in total. The lowest BCUT2D eigenvalue weighted by Gasteiger charge is -2.45. The number of aliphatic carboxylic acids is 1.